The minimum absolute atomic E-state index is 0. The van der Waals surface area contributed by atoms with Crippen LogP contribution in [0.3, 0.4) is 0 Å². The number of nitrogens with zero attached hydrogens (tertiary/aromatic N) is 2. The number of nitrogens with one attached hydrogen (secondary N) is 1. The quantitative estimate of drug-likeness (QED) is 0.309. The third-order valence-corrected chi connectivity index (χ3v) is 5.18. The van der Waals surface area contributed by atoms with Crippen LogP contribution in [0.15, 0.2) is 4.99 Å². The Kier molecular flexibility index (Phi) is 10.4. The first kappa shape index (κ1) is 20.0. The van der Waals surface area contributed by atoms with Crippen LogP contribution in [0.5, 0.6) is 0 Å². The minimum atomic E-state index is 0. The van der Waals surface area contributed by atoms with Crippen molar-refractivity contribution >= 4 is 29.9 Å². The van der Waals surface area contributed by atoms with Gasteiger partial charge in [0.1, 0.15) is 0 Å². The predicted octanol–water partition coefficient (Wildman–Crippen LogP) is 3.35. The highest BCUT2D eigenvalue weighted by Crippen LogP contribution is 2.20. The summed E-state index contributed by atoms with van der Waals surface area (Å²) in [7, 11) is 0. The van der Waals surface area contributed by atoms with Gasteiger partial charge in [0, 0.05) is 12.6 Å². The van der Waals surface area contributed by atoms with E-state index in [0.29, 0.717) is 12.0 Å². The predicted molar refractivity (Wildman–Crippen MR) is 106 cm³/mol. The number of guanidine groups is 1. The van der Waals surface area contributed by atoms with Crippen molar-refractivity contribution < 1.29 is 0 Å². The van der Waals surface area contributed by atoms with E-state index in [1.807, 2.05) is 0 Å². The molecule has 0 radical (unpaired) electrons. The zero-order valence-corrected chi connectivity index (χ0v) is 16.6. The molecule has 1 aliphatic heterocycles. The number of nitrogens with two attached hydrogens (primary N) is 1. The fourth-order valence-electron chi connectivity index (χ4n) is 3.64. The van der Waals surface area contributed by atoms with Crippen LogP contribution in [0.4, 0.5) is 0 Å². The van der Waals surface area contributed by atoms with Gasteiger partial charge in [-0.3, -0.25) is 4.99 Å². The summed E-state index contributed by atoms with van der Waals surface area (Å²) < 4.78 is 0. The molecule has 2 rings (SSSR count). The Morgan fingerprint density at radius 2 is 1.73 bits per heavy atom. The van der Waals surface area contributed by atoms with Gasteiger partial charge in [0.05, 0.1) is 0 Å². The normalized spacial score (nSPS) is 22.9. The monoisotopic (exact) mass is 422 g/mol. The van der Waals surface area contributed by atoms with Gasteiger partial charge >= 0.3 is 0 Å². The van der Waals surface area contributed by atoms with Gasteiger partial charge in [0.15, 0.2) is 5.96 Å². The molecule has 0 amide bonds. The van der Waals surface area contributed by atoms with Crippen molar-refractivity contribution in [1.29, 1.82) is 0 Å². The SMILES string of the molecule is CCN1CCC(CCN=C(N)NC2CCCCCC2)CC1.I. The van der Waals surface area contributed by atoms with E-state index in [2.05, 4.69) is 22.1 Å². The molecule has 130 valence electrons. The lowest BCUT2D eigenvalue weighted by molar-refractivity contribution is 0.188. The maximum absolute atomic E-state index is 6.05. The van der Waals surface area contributed by atoms with E-state index in [-0.39, 0.29) is 24.0 Å². The minimum Gasteiger partial charge on any atom is -0.370 e. The molecule has 4 nitrogen and oxygen atoms in total. The van der Waals surface area contributed by atoms with Crippen molar-refractivity contribution in [3.63, 3.8) is 0 Å². The summed E-state index contributed by atoms with van der Waals surface area (Å²) >= 11 is 0. The Hall–Kier alpha value is -0.0400. The third kappa shape index (κ3) is 7.49. The largest absolute Gasteiger partial charge is 0.370 e. The van der Waals surface area contributed by atoms with E-state index < -0.39 is 0 Å². The molecular formula is C17H35IN4. The van der Waals surface area contributed by atoms with E-state index in [1.165, 1.54) is 77.4 Å². The molecule has 0 spiro atoms. The van der Waals surface area contributed by atoms with E-state index in [4.69, 9.17) is 5.73 Å². The third-order valence-electron chi connectivity index (χ3n) is 5.18. The average Bonchev–Trinajstić information content (AvgIpc) is 2.76. The van der Waals surface area contributed by atoms with Gasteiger partial charge in [-0.15, -0.1) is 24.0 Å². The number of halogens is 1. The van der Waals surface area contributed by atoms with Gasteiger partial charge in [-0.2, -0.15) is 0 Å². The Morgan fingerprint density at radius 3 is 2.32 bits per heavy atom. The summed E-state index contributed by atoms with van der Waals surface area (Å²) in [6, 6.07) is 0.559. The van der Waals surface area contributed by atoms with E-state index in [0.717, 1.165) is 12.5 Å². The second-order valence-corrected chi connectivity index (χ2v) is 6.77. The van der Waals surface area contributed by atoms with Gasteiger partial charge in [-0.25, -0.2) is 0 Å². The highest BCUT2D eigenvalue weighted by molar-refractivity contribution is 14.0. The summed E-state index contributed by atoms with van der Waals surface area (Å²) in [5, 5.41) is 3.43. The molecule has 1 aliphatic carbocycles. The molecule has 0 unspecified atom stereocenters. The Balaban J connectivity index is 0.00000242. The topological polar surface area (TPSA) is 53.6 Å². The molecule has 0 atom stereocenters. The van der Waals surface area contributed by atoms with Gasteiger partial charge in [-0.05, 0) is 57.7 Å². The van der Waals surface area contributed by atoms with Crippen LogP contribution in [0.2, 0.25) is 0 Å². The zero-order chi connectivity index (χ0) is 14.9. The Bertz CT molecular complexity index is 306. The molecule has 1 saturated carbocycles. The second kappa shape index (κ2) is 11.5. The van der Waals surface area contributed by atoms with Crippen LogP contribution in [0.25, 0.3) is 0 Å². The number of hydrogen-bond donors (Lipinski definition) is 2. The molecule has 0 bridgehead atoms. The number of likely N-dealkylation sites (tertiary alicyclic amines) is 1. The Morgan fingerprint density at radius 1 is 1.09 bits per heavy atom. The maximum atomic E-state index is 6.05. The van der Waals surface area contributed by atoms with Crippen LogP contribution in [-0.2, 0) is 0 Å². The van der Waals surface area contributed by atoms with Gasteiger partial charge in [0.25, 0.3) is 0 Å². The molecule has 0 aromatic carbocycles. The van der Waals surface area contributed by atoms with Crippen molar-refractivity contribution in [1.82, 2.24) is 10.2 Å². The van der Waals surface area contributed by atoms with Crippen LogP contribution < -0.4 is 11.1 Å². The summed E-state index contributed by atoms with van der Waals surface area (Å²) in [5.74, 6) is 1.52. The van der Waals surface area contributed by atoms with E-state index >= 15 is 0 Å². The van der Waals surface area contributed by atoms with E-state index in [1.54, 1.807) is 0 Å². The van der Waals surface area contributed by atoms with Crippen LogP contribution in [-0.4, -0.2) is 43.1 Å². The van der Waals surface area contributed by atoms with Crippen molar-refractivity contribution in [2.45, 2.75) is 70.8 Å². The van der Waals surface area contributed by atoms with Crippen LogP contribution in [0.1, 0.15) is 64.7 Å². The Labute approximate surface area is 153 Å². The van der Waals surface area contributed by atoms with Crippen molar-refractivity contribution in [3.8, 4) is 0 Å². The van der Waals surface area contributed by atoms with Crippen LogP contribution in [0, 0.1) is 5.92 Å². The smallest absolute Gasteiger partial charge is 0.188 e. The molecule has 0 aromatic heterocycles. The number of rotatable bonds is 5. The lowest BCUT2D eigenvalue weighted by Crippen LogP contribution is -2.40. The number of aliphatic imine (C=N–C) groups is 1. The highest BCUT2D eigenvalue weighted by atomic mass is 127. The van der Waals surface area contributed by atoms with Crippen molar-refractivity contribution in [2.24, 2.45) is 16.6 Å². The summed E-state index contributed by atoms with van der Waals surface area (Å²) in [6.07, 6.45) is 11.8. The van der Waals surface area contributed by atoms with Gasteiger partial charge < -0.3 is 16.0 Å². The first-order valence-corrected chi connectivity index (χ1v) is 9.06. The van der Waals surface area contributed by atoms with Gasteiger partial charge in [-0.1, -0.05) is 32.6 Å². The molecule has 3 N–H and O–H groups in total. The molecule has 1 heterocycles. The molecule has 0 aromatic rings. The number of piperidine rings is 1. The summed E-state index contributed by atoms with van der Waals surface area (Å²) in [6.45, 7) is 6.87. The standard InChI is InChI=1S/C17H34N4.HI/c1-2-21-13-10-15(11-14-21)9-12-19-17(18)20-16-7-5-3-4-6-8-16;/h15-16H,2-14H2,1H3,(H3,18,19,20);1H. The molecule has 22 heavy (non-hydrogen) atoms. The maximum Gasteiger partial charge on any atom is 0.188 e. The van der Waals surface area contributed by atoms with Gasteiger partial charge in [0.2, 0.25) is 0 Å². The fraction of sp³-hybridized carbons (Fsp3) is 0.941. The van der Waals surface area contributed by atoms with Crippen LogP contribution >= 0.6 is 24.0 Å². The summed E-state index contributed by atoms with van der Waals surface area (Å²) in [4.78, 5) is 7.10. The second-order valence-electron chi connectivity index (χ2n) is 6.77. The van der Waals surface area contributed by atoms with Crippen molar-refractivity contribution in [3.05, 3.63) is 0 Å². The average molecular weight is 422 g/mol. The molecule has 5 heteroatoms. The van der Waals surface area contributed by atoms with Crippen molar-refractivity contribution in [2.75, 3.05) is 26.2 Å². The molecule has 1 saturated heterocycles. The zero-order valence-electron chi connectivity index (χ0n) is 14.2. The summed E-state index contributed by atoms with van der Waals surface area (Å²) in [5.41, 5.74) is 6.05. The number of hydrogen-bond acceptors (Lipinski definition) is 2. The fourth-order valence-corrected chi connectivity index (χ4v) is 3.64. The van der Waals surface area contributed by atoms with E-state index in [9.17, 15) is 0 Å². The first-order valence-electron chi connectivity index (χ1n) is 9.06. The molecule has 2 fully saturated rings. The lowest BCUT2D eigenvalue weighted by Gasteiger charge is -2.30. The molecular weight excluding hydrogens is 387 g/mol. The highest BCUT2D eigenvalue weighted by Gasteiger charge is 2.17. The first-order chi connectivity index (χ1) is 10.3. The lowest BCUT2D eigenvalue weighted by atomic mass is 9.94. The molecule has 2 aliphatic rings.